The highest BCUT2D eigenvalue weighted by molar-refractivity contribution is 5.67. The lowest BCUT2D eigenvalue weighted by Crippen LogP contribution is -2.66. The van der Waals surface area contributed by atoms with Gasteiger partial charge in [-0.05, 0) is 231 Å². The first-order valence-electron chi connectivity index (χ1n) is 29.2. The molecule has 8 aliphatic rings. The molecule has 80 heavy (non-hydrogen) atoms. The van der Waals surface area contributed by atoms with Crippen LogP contribution in [0.25, 0.3) is 0 Å². The average molecular weight is 1020 g/mol. The summed E-state index contributed by atoms with van der Waals surface area (Å²) in [5.74, 6) is 46.5. The van der Waals surface area contributed by atoms with Crippen molar-refractivity contribution in [1.29, 1.82) is 0 Å². The van der Waals surface area contributed by atoms with Gasteiger partial charge >= 0.3 is 0 Å². The van der Waals surface area contributed by atoms with Gasteiger partial charge in [0.1, 0.15) is 0 Å². The van der Waals surface area contributed by atoms with Gasteiger partial charge in [-0.1, -0.05) is 180 Å². The smallest absolute Gasteiger partial charge is 0.0562 e. The van der Waals surface area contributed by atoms with Crippen molar-refractivity contribution in [2.75, 3.05) is 0 Å². The van der Waals surface area contributed by atoms with E-state index in [1.165, 1.54) is 88.2 Å². The fraction of sp³-hybridized carbons (Fsp3) is 0.250. The van der Waals surface area contributed by atoms with Crippen molar-refractivity contribution in [3.63, 3.8) is 0 Å². The molecule has 8 saturated carbocycles. The third kappa shape index (κ3) is 9.67. The summed E-state index contributed by atoms with van der Waals surface area (Å²) in [6, 6.07) is 72.3. The van der Waals surface area contributed by atoms with E-state index in [1.807, 2.05) is 12.1 Å². The average Bonchev–Trinajstić information content (AvgIpc) is 3.57. The highest BCUT2D eigenvalue weighted by Crippen LogP contribution is 2.79. The van der Waals surface area contributed by atoms with Crippen LogP contribution in [-0.4, -0.2) is 0 Å². The van der Waals surface area contributed by atoms with Crippen LogP contribution in [0.15, 0.2) is 206 Å². The second-order valence-electron chi connectivity index (χ2n) is 24.6. The Labute approximate surface area is 474 Å². The molecule has 8 bridgehead atoms. The summed E-state index contributed by atoms with van der Waals surface area (Å²) in [5, 5.41) is 0. The Hall–Kier alpha value is -8.88. The molecule has 0 aliphatic heterocycles. The zero-order valence-corrected chi connectivity index (χ0v) is 45.4. The summed E-state index contributed by atoms with van der Waals surface area (Å²) in [7, 11) is 0. The van der Waals surface area contributed by atoms with Gasteiger partial charge in [0, 0.05) is 55.6 Å². The molecule has 16 rings (SSSR count). The molecular formula is C80H62. The number of benzene rings is 8. The van der Waals surface area contributed by atoms with Crippen molar-refractivity contribution in [1.82, 2.24) is 0 Å². The molecule has 0 N–H and O–H groups in total. The summed E-state index contributed by atoms with van der Waals surface area (Å²) in [4.78, 5) is 0. The predicted molar refractivity (Wildman–Crippen MR) is 325 cm³/mol. The summed E-state index contributed by atoms with van der Waals surface area (Å²) >= 11 is 0. The van der Waals surface area contributed by atoms with Crippen molar-refractivity contribution in [2.24, 2.45) is 34.5 Å². The lowest BCUT2D eigenvalue weighted by Gasteiger charge is -2.74. The standard InChI is InChI=1S/C80H62/c1-7-19-59(20-8-1)31-37-69-45-73(46-70(38-32-60-21-9-2-10-22-60)75(69)41-35-63-27-15-5-16-28-63)77-49-65-43-66(50-77)54-79(53-65,57-77)80-55-67-44-68(56-80)52-78(51-67,58-80)74-47-71(39-33-61-23-11-3-12-24-61)76(42-36-64-29-17-6-18-30-64)72(48-74)40-34-62-25-13-4-14-26-62/h1-30,45-48,65-68H,43-44,49-58H2. The van der Waals surface area contributed by atoms with E-state index in [1.54, 1.807) is 0 Å². The van der Waals surface area contributed by atoms with Gasteiger partial charge in [0.15, 0.2) is 0 Å². The molecule has 8 fully saturated rings. The SMILES string of the molecule is C(#Cc1cc(C23CC4CC(C2)CC(C25CC6CC(CC(c7cc(C#Cc8ccccc8)c(C#Cc8ccccc8)c(C#Cc8ccccc8)c7)(C6)C2)C5)(C4)C3)cc(C#Cc2ccccc2)c1C#Cc1ccccc1)c1ccccc1. The minimum Gasteiger partial charge on any atom is -0.0622 e. The third-order valence-electron chi connectivity index (χ3n) is 19.4. The van der Waals surface area contributed by atoms with E-state index in [4.69, 9.17) is 0 Å². The van der Waals surface area contributed by atoms with Crippen molar-refractivity contribution < 1.29 is 0 Å². The van der Waals surface area contributed by atoms with Crippen LogP contribution >= 0.6 is 0 Å². The molecule has 0 nitrogen and oxygen atoms in total. The molecular weight excluding hydrogens is 961 g/mol. The fourth-order valence-electron chi connectivity index (χ4n) is 17.0. The molecule has 0 radical (unpaired) electrons. The van der Waals surface area contributed by atoms with Gasteiger partial charge < -0.3 is 0 Å². The second-order valence-corrected chi connectivity index (χ2v) is 24.6. The number of rotatable bonds is 3. The van der Waals surface area contributed by atoms with Crippen molar-refractivity contribution in [3.8, 4) is 71.0 Å². The van der Waals surface area contributed by atoms with Gasteiger partial charge in [-0.25, -0.2) is 0 Å². The Balaban J connectivity index is 0.902. The Morgan fingerprint density at radius 2 is 0.475 bits per heavy atom. The van der Waals surface area contributed by atoms with Crippen molar-refractivity contribution in [3.05, 3.63) is 284 Å². The molecule has 0 saturated heterocycles. The van der Waals surface area contributed by atoms with Crippen LogP contribution in [0.2, 0.25) is 0 Å². The number of hydrogen-bond donors (Lipinski definition) is 0. The maximum Gasteiger partial charge on any atom is 0.0562 e. The Morgan fingerprint density at radius 3 is 0.713 bits per heavy atom. The largest absolute Gasteiger partial charge is 0.0622 e. The Bertz CT molecular complexity index is 3600. The minimum atomic E-state index is 0.0395. The van der Waals surface area contributed by atoms with Crippen molar-refractivity contribution in [2.45, 2.75) is 87.9 Å². The minimum absolute atomic E-state index is 0.0395. The predicted octanol–water partition coefficient (Wildman–Crippen LogP) is 16.5. The van der Waals surface area contributed by atoms with Crippen LogP contribution in [-0.2, 0) is 10.8 Å². The normalized spacial score (nSPS) is 25.8. The Morgan fingerprint density at radius 1 is 0.250 bits per heavy atom. The van der Waals surface area contributed by atoms with E-state index >= 15 is 0 Å². The summed E-state index contributed by atoms with van der Waals surface area (Å²) in [6.45, 7) is 0. The molecule has 382 valence electrons. The molecule has 0 spiro atoms. The first-order valence-corrected chi connectivity index (χ1v) is 29.2. The molecule has 4 atom stereocenters. The molecule has 0 heterocycles. The monoisotopic (exact) mass is 1020 g/mol. The maximum atomic E-state index is 3.74. The highest BCUT2D eigenvalue weighted by Gasteiger charge is 2.70. The Kier molecular flexibility index (Phi) is 12.8. The highest BCUT2D eigenvalue weighted by atomic mass is 14.7. The van der Waals surface area contributed by atoms with E-state index in [9.17, 15) is 0 Å². The van der Waals surface area contributed by atoms with Gasteiger partial charge in [-0.2, -0.15) is 0 Å². The zero-order chi connectivity index (χ0) is 53.4. The van der Waals surface area contributed by atoms with Crippen LogP contribution in [0, 0.1) is 106 Å². The summed E-state index contributed by atoms with van der Waals surface area (Å²) in [5.41, 5.74) is 15.2. The van der Waals surface area contributed by atoms with Crippen LogP contribution in [0.3, 0.4) is 0 Å². The topological polar surface area (TPSA) is 0 Å². The van der Waals surface area contributed by atoms with Crippen molar-refractivity contribution >= 4 is 0 Å². The van der Waals surface area contributed by atoms with Crippen LogP contribution in [0.1, 0.15) is 155 Å². The van der Waals surface area contributed by atoms with Gasteiger partial charge in [-0.15, -0.1) is 0 Å². The first-order chi connectivity index (χ1) is 39.4. The van der Waals surface area contributed by atoms with E-state index in [0.29, 0.717) is 23.7 Å². The third-order valence-corrected chi connectivity index (χ3v) is 19.4. The zero-order valence-electron chi connectivity index (χ0n) is 45.4. The summed E-state index contributed by atoms with van der Waals surface area (Å²) < 4.78 is 0. The molecule has 0 amide bonds. The molecule has 4 unspecified atom stereocenters. The van der Waals surface area contributed by atoms with Gasteiger partial charge in [-0.3, -0.25) is 0 Å². The number of hydrogen-bond acceptors (Lipinski definition) is 0. The summed E-state index contributed by atoms with van der Waals surface area (Å²) in [6.07, 6.45) is 15.6. The lowest BCUT2D eigenvalue weighted by atomic mass is 9.30. The van der Waals surface area contributed by atoms with Crippen LogP contribution < -0.4 is 0 Å². The van der Waals surface area contributed by atoms with E-state index in [-0.39, 0.29) is 21.7 Å². The first kappa shape index (κ1) is 49.4. The lowest BCUT2D eigenvalue weighted by molar-refractivity contribution is -0.212. The van der Waals surface area contributed by atoms with Gasteiger partial charge in [0.05, 0.1) is 11.1 Å². The quantitative estimate of drug-likeness (QED) is 0.155. The fourth-order valence-corrected chi connectivity index (χ4v) is 17.0. The van der Waals surface area contributed by atoms with Crippen LogP contribution in [0.5, 0.6) is 0 Å². The maximum absolute atomic E-state index is 3.74. The molecule has 8 aromatic rings. The van der Waals surface area contributed by atoms with E-state index in [0.717, 1.165) is 66.8 Å². The molecule has 8 aliphatic carbocycles. The van der Waals surface area contributed by atoms with Gasteiger partial charge in [0.2, 0.25) is 0 Å². The van der Waals surface area contributed by atoms with E-state index in [2.05, 4.69) is 265 Å². The molecule has 0 aromatic heterocycles. The molecule has 8 aromatic carbocycles. The second kappa shape index (κ2) is 20.7. The van der Waals surface area contributed by atoms with Gasteiger partial charge in [0.25, 0.3) is 0 Å². The van der Waals surface area contributed by atoms with Crippen LogP contribution in [0.4, 0.5) is 0 Å². The van der Waals surface area contributed by atoms with E-state index < -0.39 is 0 Å². The molecule has 0 heteroatoms.